The van der Waals surface area contributed by atoms with Crippen molar-refractivity contribution < 1.29 is 11.0 Å². The smallest absolute Gasteiger partial charge is 0.164 e. The van der Waals surface area contributed by atoms with Gasteiger partial charge in [-0.3, -0.25) is 0 Å². The van der Waals surface area contributed by atoms with E-state index in [1.807, 2.05) is 115 Å². The van der Waals surface area contributed by atoms with E-state index in [4.69, 9.17) is 23.2 Å². The molecule has 9 aromatic carbocycles. The molecule has 4 nitrogen and oxygen atoms in total. The summed E-state index contributed by atoms with van der Waals surface area (Å²) in [6.45, 7) is 0. The van der Waals surface area contributed by atoms with E-state index in [-0.39, 0.29) is 33.9 Å². The van der Waals surface area contributed by atoms with E-state index < -0.39 is 36.3 Å². The van der Waals surface area contributed by atoms with Crippen LogP contribution in [0.5, 0.6) is 0 Å². The van der Waals surface area contributed by atoms with Crippen molar-refractivity contribution in [2.75, 3.05) is 0 Å². The number of fused-ring (bicyclic) bond motifs is 6. The summed E-state index contributed by atoms with van der Waals surface area (Å²) in [5.74, 6) is 1.18. The summed E-state index contributed by atoms with van der Waals surface area (Å²) in [6.07, 6.45) is 0. The van der Waals surface area contributed by atoms with Gasteiger partial charge in [0.15, 0.2) is 17.5 Å². The van der Waals surface area contributed by atoms with Gasteiger partial charge in [-0.2, -0.15) is 0 Å². The summed E-state index contributed by atoms with van der Waals surface area (Å²) >= 11 is 1.78. The third kappa shape index (κ3) is 6.26. The number of hydrogen-bond acceptors (Lipinski definition) is 4. The van der Waals surface area contributed by atoms with Gasteiger partial charge < -0.3 is 4.57 Å². The van der Waals surface area contributed by atoms with Gasteiger partial charge in [-0.25, -0.2) is 15.0 Å². The Morgan fingerprint density at radius 3 is 1.58 bits per heavy atom. The maximum absolute atomic E-state index is 9.35. The van der Waals surface area contributed by atoms with Crippen LogP contribution in [0.4, 0.5) is 0 Å². The first kappa shape index (κ1) is 28.5. The van der Waals surface area contributed by atoms with Crippen LogP contribution in [-0.4, -0.2) is 19.5 Å². The molecule has 0 saturated carbocycles. The molecule has 0 aliphatic rings. The van der Waals surface area contributed by atoms with Gasteiger partial charge in [0.2, 0.25) is 0 Å². The fourth-order valence-electron chi connectivity index (χ4n) is 8.33. The van der Waals surface area contributed by atoms with Crippen molar-refractivity contribution in [3.05, 3.63) is 218 Å². The van der Waals surface area contributed by atoms with Crippen molar-refractivity contribution in [2.45, 2.75) is 0 Å². The molecule has 0 bridgehead atoms. The fraction of sp³-hybridized carbons (Fsp3) is 0. The van der Waals surface area contributed by atoms with Gasteiger partial charge in [-0.1, -0.05) is 182 Å². The van der Waals surface area contributed by atoms with Crippen LogP contribution >= 0.6 is 11.3 Å². The highest BCUT2D eigenvalue weighted by Crippen LogP contribution is 2.40. The van der Waals surface area contributed by atoms with Crippen LogP contribution in [0.1, 0.15) is 11.0 Å². The molecule has 3 heterocycles. The number of thiophene rings is 1. The average Bonchev–Trinajstić information content (AvgIpc) is 3.98. The zero-order valence-electron chi connectivity index (χ0n) is 40.9. The summed E-state index contributed by atoms with van der Waals surface area (Å²) < 4.78 is 76.0. The Bertz CT molecular complexity index is 4020. The summed E-state index contributed by atoms with van der Waals surface area (Å²) in [7, 11) is 0. The van der Waals surface area contributed by atoms with Crippen LogP contribution < -0.4 is 0 Å². The van der Waals surface area contributed by atoms with Gasteiger partial charge in [-0.15, -0.1) is 11.3 Å². The number of hydrogen-bond donors (Lipinski definition) is 0. The highest BCUT2D eigenvalue weighted by Gasteiger charge is 2.19. The predicted molar refractivity (Wildman–Crippen MR) is 260 cm³/mol. The topological polar surface area (TPSA) is 43.6 Å². The minimum absolute atomic E-state index is 0.0108. The highest BCUT2D eigenvalue weighted by molar-refractivity contribution is 7.25. The van der Waals surface area contributed by atoms with E-state index in [9.17, 15) is 2.74 Å². The Balaban J connectivity index is 1.09. The van der Waals surface area contributed by atoms with E-state index in [1.165, 1.54) is 20.2 Å². The zero-order valence-corrected chi connectivity index (χ0v) is 33.7. The zero-order chi connectivity index (χ0) is 47.9. The van der Waals surface area contributed by atoms with Crippen LogP contribution in [0.25, 0.3) is 115 Å². The normalized spacial score (nSPS) is 13.4. The second-order valence-corrected chi connectivity index (χ2v) is 16.1. The lowest BCUT2D eigenvalue weighted by Crippen LogP contribution is -2.02. The molecule has 5 heteroatoms. The molecular formula is C57H36N4S. The molecule has 0 saturated heterocycles. The van der Waals surface area contributed by atoms with Crippen molar-refractivity contribution in [3.8, 4) is 73.2 Å². The van der Waals surface area contributed by atoms with E-state index in [0.717, 1.165) is 38.9 Å². The minimum atomic E-state index is -0.509. The Morgan fingerprint density at radius 2 is 0.855 bits per heavy atom. The lowest BCUT2D eigenvalue weighted by atomic mass is 9.96. The molecule has 0 atom stereocenters. The second kappa shape index (κ2) is 14.9. The van der Waals surface area contributed by atoms with E-state index in [2.05, 4.69) is 54.6 Å². The average molecular weight is 817 g/mol. The van der Waals surface area contributed by atoms with E-state index in [0.29, 0.717) is 34.3 Å². The first-order valence-corrected chi connectivity index (χ1v) is 21.0. The van der Waals surface area contributed by atoms with Gasteiger partial charge in [-0.05, 0) is 64.2 Å². The number of para-hydroxylation sites is 2. The Morgan fingerprint density at radius 1 is 0.355 bits per heavy atom. The molecular weight excluding hydrogens is 773 g/mol. The maximum Gasteiger partial charge on any atom is 0.164 e. The van der Waals surface area contributed by atoms with Crippen LogP contribution in [0.15, 0.2) is 218 Å². The van der Waals surface area contributed by atoms with E-state index >= 15 is 0 Å². The summed E-state index contributed by atoms with van der Waals surface area (Å²) in [4.78, 5) is 15.2. The first-order chi connectivity index (χ1) is 34.0. The Kier molecular flexibility index (Phi) is 6.86. The summed E-state index contributed by atoms with van der Waals surface area (Å²) in [6, 6.07) is 52.7. The van der Waals surface area contributed by atoms with Crippen molar-refractivity contribution in [2.24, 2.45) is 0 Å². The van der Waals surface area contributed by atoms with Gasteiger partial charge in [0, 0.05) is 53.2 Å². The quantitative estimate of drug-likeness (QED) is 0.161. The number of benzene rings is 9. The third-order valence-corrected chi connectivity index (χ3v) is 12.5. The summed E-state index contributed by atoms with van der Waals surface area (Å²) in [5.41, 5.74) is 7.91. The van der Waals surface area contributed by atoms with Crippen LogP contribution in [0, 0.1) is 0 Å². The first-order valence-electron chi connectivity index (χ1n) is 24.2. The van der Waals surface area contributed by atoms with Crippen LogP contribution in [0.2, 0.25) is 0 Å². The molecule has 0 N–H and O–H groups in total. The summed E-state index contributed by atoms with van der Waals surface area (Å²) in [5, 5.41) is 2.46. The maximum atomic E-state index is 9.35. The number of nitrogens with zero attached hydrogens (tertiary/aromatic N) is 4. The van der Waals surface area contributed by atoms with Gasteiger partial charge in [0.1, 0.15) is 0 Å². The molecule has 12 rings (SSSR count). The molecule has 0 amide bonds. The minimum Gasteiger partial charge on any atom is -0.309 e. The highest BCUT2D eigenvalue weighted by atomic mass is 32.1. The van der Waals surface area contributed by atoms with Gasteiger partial charge >= 0.3 is 0 Å². The molecule has 0 radical (unpaired) electrons. The van der Waals surface area contributed by atoms with Crippen molar-refractivity contribution in [1.82, 2.24) is 19.5 Å². The predicted octanol–water partition coefficient (Wildman–Crippen LogP) is 15.3. The standard InChI is InChI=1S/C57H36N4S/c1-3-14-37(15-4-1)41-18-13-19-43(34-41)45-32-31-44(35-52(45)61-50-23-10-7-20-46(50)47-21-8-11-24-51(47)61)57-59-55(39-16-5-2-6-17-39)58-56(60-57)40-28-26-38(27-29-40)42-30-33-49-48-22-9-12-25-53(48)62-54(49)36-42/h1-36H/i7D,8D,10D,11D,20D,21D,23D,24D. The van der Waals surface area contributed by atoms with E-state index in [1.54, 1.807) is 15.9 Å². The Labute approximate surface area is 374 Å². The fourth-order valence-corrected chi connectivity index (χ4v) is 9.47. The van der Waals surface area contributed by atoms with Gasteiger partial charge in [0.25, 0.3) is 0 Å². The van der Waals surface area contributed by atoms with Crippen LogP contribution in [-0.2, 0) is 0 Å². The second-order valence-electron chi connectivity index (χ2n) is 15.0. The molecule has 62 heavy (non-hydrogen) atoms. The SMILES string of the molecule is [2H]c1c([2H])c([2H])c2c(c1[2H])c1c([2H])c([2H])c([2H])c([2H])c1n2-c1cc(-c2nc(-c3ccccc3)nc(-c3ccc(-c4ccc5c(c4)sc4ccccc45)cc3)n2)ccc1-c1cccc(-c2ccccc2)c1. The molecule has 290 valence electrons. The number of aromatic nitrogens is 4. The monoisotopic (exact) mass is 816 g/mol. The Hall–Kier alpha value is -7.99. The van der Waals surface area contributed by atoms with Crippen molar-refractivity contribution >= 4 is 53.3 Å². The molecule has 0 aliphatic heterocycles. The van der Waals surface area contributed by atoms with Crippen molar-refractivity contribution in [1.29, 1.82) is 0 Å². The van der Waals surface area contributed by atoms with Crippen molar-refractivity contribution in [3.63, 3.8) is 0 Å². The molecule has 0 unspecified atom stereocenters. The molecule has 0 aliphatic carbocycles. The largest absolute Gasteiger partial charge is 0.309 e. The number of rotatable bonds is 7. The molecule has 0 fully saturated rings. The third-order valence-electron chi connectivity index (χ3n) is 11.3. The van der Waals surface area contributed by atoms with Crippen LogP contribution in [0.3, 0.4) is 0 Å². The lowest BCUT2D eigenvalue weighted by Gasteiger charge is -2.17. The molecule has 0 spiro atoms. The molecule has 3 aromatic heterocycles. The molecule has 12 aromatic rings. The lowest BCUT2D eigenvalue weighted by molar-refractivity contribution is 1.07. The van der Waals surface area contributed by atoms with Gasteiger partial charge in [0.05, 0.1) is 27.7 Å².